The predicted octanol–water partition coefficient (Wildman–Crippen LogP) is 5.06. The van der Waals surface area contributed by atoms with Crippen LogP contribution in [0.15, 0.2) is 65.9 Å². The molecule has 0 bridgehead atoms. The smallest absolute Gasteiger partial charge is 0.230 e. The second kappa shape index (κ2) is 10.3. The first-order valence-electron chi connectivity index (χ1n) is 12.4. The molecule has 0 saturated heterocycles. The first-order valence-corrected chi connectivity index (χ1v) is 12.4. The van der Waals surface area contributed by atoms with Crippen molar-refractivity contribution in [3.63, 3.8) is 0 Å². The number of hydrogen-bond donors (Lipinski definition) is 0. The van der Waals surface area contributed by atoms with Gasteiger partial charge in [0.15, 0.2) is 0 Å². The highest BCUT2D eigenvalue weighted by atomic mass is 19.1. The fourth-order valence-corrected chi connectivity index (χ4v) is 5.66. The minimum absolute atomic E-state index is 0.111. The number of aromatic nitrogens is 2. The monoisotopic (exact) mass is 489 g/mol. The van der Waals surface area contributed by atoms with Crippen molar-refractivity contribution in [2.45, 2.75) is 38.6 Å². The molecule has 0 fully saturated rings. The van der Waals surface area contributed by atoms with Gasteiger partial charge in [0, 0.05) is 38.1 Å². The summed E-state index contributed by atoms with van der Waals surface area (Å²) in [4.78, 5) is 15.8. The molecule has 1 amide bonds. The number of carbonyl (C=O) groups is 1. The van der Waals surface area contributed by atoms with E-state index in [1.54, 1.807) is 26.4 Å². The van der Waals surface area contributed by atoms with Crippen LogP contribution in [0.1, 0.15) is 42.5 Å². The zero-order chi connectivity index (χ0) is 25.2. The molecule has 0 saturated carbocycles. The molecule has 5 rings (SSSR count). The van der Waals surface area contributed by atoms with Crippen LogP contribution in [0.3, 0.4) is 0 Å². The fourth-order valence-electron chi connectivity index (χ4n) is 5.66. The maximum atomic E-state index is 13.9. The Morgan fingerprint density at radius 1 is 1.14 bits per heavy atom. The molecule has 1 heterocycles. The lowest BCUT2D eigenvalue weighted by Gasteiger charge is -2.30. The summed E-state index contributed by atoms with van der Waals surface area (Å²) >= 11 is 0. The van der Waals surface area contributed by atoms with Crippen LogP contribution >= 0.6 is 0 Å². The summed E-state index contributed by atoms with van der Waals surface area (Å²) in [6, 6.07) is 14.3. The van der Waals surface area contributed by atoms with E-state index in [4.69, 9.17) is 9.47 Å². The Balaban J connectivity index is 1.39. The summed E-state index contributed by atoms with van der Waals surface area (Å²) in [5, 5.41) is 4.64. The average molecular weight is 490 g/mol. The number of benzene rings is 2. The average Bonchev–Trinajstić information content (AvgIpc) is 3.52. The SMILES string of the molecule is COCCN(Cc1ccc(OC)cc1)C(=O)[C@@H]1CCC2=C1[C@@H](C)c1cnn(-c3ccc(F)cc3)c1C2. The molecule has 0 aliphatic heterocycles. The zero-order valence-electron chi connectivity index (χ0n) is 21.0. The highest BCUT2D eigenvalue weighted by molar-refractivity contribution is 5.83. The van der Waals surface area contributed by atoms with E-state index in [2.05, 4.69) is 12.0 Å². The van der Waals surface area contributed by atoms with Gasteiger partial charge in [-0.1, -0.05) is 30.2 Å². The second-order valence-electron chi connectivity index (χ2n) is 9.58. The Morgan fingerprint density at radius 2 is 1.89 bits per heavy atom. The van der Waals surface area contributed by atoms with Crippen LogP contribution in [-0.4, -0.2) is 48.0 Å². The quantitative estimate of drug-likeness (QED) is 0.415. The van der Waals surface area contributed by atoms with Crippen molar-refractivity contribution in [3.05, 3.63) is 88.5 Å². The Hall–Kier alpha value is -3.45. The van der Waals surface area contributed by atoms with Gasteiger partial charge in [0.05, 0.1) is 37.2 Å². The van der Waals surface area contributed by atoms with Crippen molar-refractivity contribution in [3.8, 4) is 11.4 Å². The van der Waals surface area contributed by atoms with Gasteiger partial charge in [-0.2, -0.15) is 5.10 Å². The maximum Gasteiger partial charge on any atom is 0.230 e. The number of nitrogens with zero attached hydrogens (tertiary/aromatic N) is 3. The van der Waals surface area contributed by atoms with E-state index in [0.29, 0.717) is 19.7 Å². The number of rotatable bonds is 8. The number of fused-ring (bicyclic) bond motifs is 1. The number of ether oxygens (including phenoxy) is 2. The van der Waals surface area contributed by atoms with Crippen molar-refractivity contribution in [1.29, 1.82) is 0 Å². The summed E-state index contributed by atoms with van der Waals surface area (Å²) < 4.78 is 26.0. The number of hydrogen-bond acceptors (Lipinski definition) is 4. The van der Waals surface area contributed by atoms with E-state index in [1.165, 1.54) is 23.3 Å². The molecule has 2 aliphatic rings. The predicted molar refractivity (Wildman–Crippen MR) is 136 cm³/mol. The molecule has 0 spiro atoms. The molecule has 6 nitrogen and oxygen atoms in total. The van der Waals surface area contributed by atoms with Crippen LogP contribution in [-0.2, 0) is 22.5 Å². The second-order valence-corrected chi connectivity index (χ2v) is 9.58. The van der Waals surface area contributed by atoms with Gasteiger partial charge in [-0.15, -0.1) is 0 Å². The highest BCUT2D eigenvalue weighted by Crippen LogP contribution is 2.47. The molecule has 36 heavy (non-hydrogen) atoms. The van der Waals surface area contributed by atoms with E-state index in [9.17, 15) is 9.18 Å². The topological polar surface area (TPSA) is 56.6 Å². The Bertz CT molecular complexity index is 1260. The molecule has 7 heteroatoms. The molecule has 1 aromatic heterocycles. The minimum Gasteiger partial charge on any atom is -0.497 e. The molecule has 3 aromatic rings. The maximum absolute atomic E-state index is 13.9. The zero-order valence-corrected chi connectivity index (χ0v) is 21.0. The lowest BCUT2D eigenvalue weighted by molar-refractivity contribution is -0.135. The summed E-state index contributed by atoms with van der Waals surface area (Å²) in [6.07, 6.45) is 4.42. The molecule has 2 aliphatic carbocycles. The summed E-state index contributed by atoms with van der Waals surface area (Å²) in [5.74, 6) is 0.677. The number of methoxy groups -OCH3 is 2. The van der Waals surface area contributed by atoms with Gasteiger partial charge in [0.2, 0.25) is 5.91 Å². The van der Waals surface area contributed by atoms with Gasteiger partial charge in [-0.3, -0.25) is 4.79 Å². The van der Waals surface area contributed by atoms with E-state index in [0.717, 1.165) is 47.5 Å². The Labute approximate surface area is 211 Å². The summed E-state index contributed by atoms with van der Waals surface area (Å²) in [7, 11) is 3.31. The lowest BCUT2D eigenvalue weighted by atomic mass is 9.79. The molecule has 188 valence electrons. The van der Waals surface area contributed by atoms with Crippen molar-refractivity contribution in [1.82, 2.24) is 14.7 Å². The van der Waals surface area contributed by atoms with Crippen LogP contribution in [0.4, 0.5) is 4.39 Å². The first kappa shape index (κ1) is 24.3. The van der Waals surface area contributed by atoms with Crippen LogP contribution in [0.2, 0.25) is 0 Å². The van der Waals surface area contributed by atoms with Crippen molar-refractivity contribution in [2.75, 3.05) is 27.4 Å². The molecule has 0 N–H and O–H groups in total. The first-order chi connectivity index (χ1) is 17.5. The van der Waals surface area contributed by atoms with Crippen molar-refractivity contribution >= 4 is 5.91 Å². The van der Waals surface area contributed by atoms with E-state index < -0.39 is 0 Å². The molecule has 2 atom stereocenters. The van der Waals surface area contributed by atoms with Gasteiger partial charge in [-0.25, -0.2) is 9.07 Å². The fraction of sp³-hybridized carbons (Fsp3) is 0.379. The van der Waals surface area contributed by atoms with Crippen molar-refractivity contribution in [2.24, 2.45) is 5.92 Å². The standard InChI is InChI=1S/C29H32FN3O3/c1-19-26-17-31-33(23-9-7-22(30)8-10-23)27(26)16-21-6-13-25(28(19)21)29(34)32(14-15-35-2)18-20-4-11-24(36-3)12-5-20/h4-5,7-12,17,19,25H,6,13-16,18H2,1-3H3/t19-,25+/m0/s1. The van der Waals surface area contributed by atoms with E-state index in [1.807, 2.05) is 40.0 Å². The number of halogens is 1. The Morgan fingerprint density at radius 3 is 2.58 bits per heavy atom. The molecular weight excluding hydrogens is 457 g/mol. The largest absolute Gasteiger partial charge is 0.497 e. The van der Waals surface area contributed by atoms with E-state index in [-0.39, 0.29) is 23.6 Å². The minimum atomic E-state index is -0.261. The van der Waals surface area contributed by atoms with Gasteiger partial charge >= 0.3 is 0 Å². The lowest BCUT2D eigenvalue weighted by Crippen LogP contribution is -2.38. The summed E-state index contributed by atoms with van der Waals surface area (Å²) in [5.41, 5.74) is 6.79. The van der Waals surface area contributed by atoms with Gasteiger partial charge in [0.25, 0.3) is 0 Å². The van der Waals surface area contributed by atoms with Gasteiger partial charge in [-0.05, 0) is 54.8 Å². The Kier molecular flexibility index (Phi) is 6.92. The molecule has 2 aromatic carbocycles. The van der Waals surface area contributed by atoms with Gasteiger partial charge < -0.3 is 14.4 Å². The number of amides is 1. The third kappa shape index (κ3) is 4.55. The van der Waals surface area contributed by atoms with E-state index >= 15 is 0 Å². The molecular formula is C29H32FN3O3. The van der Waals surface area contributed by atoms with Crippen LogP contribution in [0.25, 0.3) is 5.69 Å². The highest BCUT2D eigenvalue weighted by Gasteiger charge is 2.40. The van der Waals surface area contributed by atoms with Crippen LogP contribution in [0, 0.1) is 11.7 Å². The third-order valence-electron chi connectivity index (χ3n) is 7.51. The third-order valence-corrected chi connectivity index (χ3v) is 7.51. The van der Waals surface area contributed by atoms with Crippen LogP contribution < -0.4 is 4.74 Å². The molecule has 0 unspecified atom stereocenters. The number of allylic oxidation sites excluding steroid dienone is 1. The van der Waals surface area contributed by atoms with Crippen LogP contribution in [0.5, 0.6) is 5.75 Å². The van der Waals surface area contributed by atoms with Gasteiger partial charge in [0.1, 0.15) is 11.6 Å². The molecule has 0 radical (unpaired) electrons. The number of carbonyl (C=O) groups excluding carboxylic acids is 1. The van der Waals surface area contributed by atoms with Crippen molar-refractivity contribution < 1.29 is 18.7 Å². The normalized spacial score (nSPS) is 18.7. The summed E-state index contributed by atoms with van der Waals surface area (Å²) in [6.45, 7) is 3.75.